The van der Waals surface area contributed by atoms with Crippen LogP contribution >= 0.6 is 11.3 Å². The van der Waals surface area contributed by atoms with E-state index in [9.17, 15) is 14.4 Å². The highest BCUT2D eigenvalue weighted by molar-refractivity contribution is 7.15. The van der Waals surface area contributed by atoms with E-state index >= 15 is 0 Å². The lowest BCUT2D eigenvalue weighted by molar-refractivity contribution is -0.130. The molecule has 2 aromatic rings. The maximum Gasteiger partial charge on any atom is 0.341 e. The topological polar surface area (TPSA) is 79.0 Å². The summed E-state index contributed by atoms with van der Waals surface area (Å²) in [6, 6.07) is 9.47. The van der Waals surface area contributed by atoms with Crippen molar-refractivity contribution in [3.05, 3.63) is 41.3 Å². The molecule has 0 aliphatic rings. The van der Waals surface area contributed by atoms with Gasteiger partial charge in [-0.1, -0.05) is 30.3 Å². The summed E-state index contributed by atoms with van der Waals surface area (Å²) in [5.74, 6) is -0.875. The van der Waals surface area contributed by atoms with Gasteiger partial charge in [-0.3, -0.25) is 14.5 Å². The van der Waals surface area contributed by atoms with Crippen molar-refractivity contribution in [2.75, 3.05) is 46.2 Å². The number of esters is 1. The summed E-state index contributed by atoms with van der Waals surface area (Å²) in [4.78, 5) is 39.8. The fourth-order valence-electron chi connectivity index (χ4n) is 2.53. The second-order valence-corrected chi connectivity index (χ2v) is 7.33. The first kappa shape index (κ1) is 21.6. The van der Waals surface area contributed by atoms with E-state index < -0.39 is 5.97 Å². The van der Waals surface area contributed by atoms with E-state index in [0.717, 1.165) is 11.1 Å². The molecule has 8 heteroatoms. The molecule has 0 spiro atoms. The van der Waals surface area contributed by atoms with E-state index in [4.69, 9.17) is 4.74 Å². The predicted molar refractivity (Wildman–Crippen MR) is 111 cm³/mol. The summed E-state index contributed by atoms with van der Waals surface area (Å²) in [6.45, 7) is 2.14. The zero-order chi connectivity index (χ0) is 20.7. The summed E-state index contributed by atoms with van der Waals surface area (Å²) < 4.78 is 5.19. The molecule has 0 aliphatic heterocycles. The van der Waals surface area contributed by atoms with Crippen LogP contribution in [0.1, 0.15) is 17.3 Å². The molecular weight excluding hydrogens is 378 g/mol. The Balaban J connectivity index is 2.18. The SMILES string of the molecule is CCOC(=O)c1c(-c2ccccc2)csc1NC(=O)CN(C)CC(=O)N(C)C. The van der Waals surface area contributed by atoms with Crippen LogP contribution in [0, 0.1) is 0 Å². The van der Waals surface area contributed by atoms with Gasteiger partial charge in [-0.05, 0) is 19.5 Å². The quantitative estimate of drug-likeness (QED) is 0.686. The third kappa shape index (κ3) is 5.64. The second kappa shape index (κ2) is 10.0. The Morgan fingerprint density at radius 1 is 1.07 bits per heavy atom. The number of ether oxygens (including phenoxy) is 1. The van der Waals surface area contributed by atoms with Crippen molar-refractivity contribution in [2.45, 2.75) is 6.92 Å². The summed E-state index contributed by atoms with van der Waals surface area (Å²) >= 11 is 1.27. The van der Waals surface area contributed by atoms with Crippen LogP contribution in [-0.2, 0) is 14.3 Å². The fourth-order valence-corrected chi connectivity index (χ4v) is 3.50. The first-order chi connectivity index (χ1) is 13.3. The van der Waals surface area contributed by atoms with E-state index in [2.05, 4.69) is 5.32 Å². The minimum Gasteiger partial charge on any atom is -0.462 e. The van der Waals surface area contributed by atoms with Crippen LogP contribution < -0.4 is 5.32 Å². The molecule has 150 valence electrons. The maximum absolute atomic E-state index is 12.5. The Morgan fingerprint density at radius 2 is 1.75 bits per heavy atom. The Labute approximate surface area is 168 Å². The molecule has 0 atom stereocenters. The lowest BCUT2D eigenvalue weighted by Gasteiger charge is -2.18. The molecule has 0 unspecified atom stereocenters. The Morgan fingerprint density at radius 3 is 2.36 bits per heavy atom. The van der Waals surface area contributed by atoms with Gasteiger partial charge in [0.15, 0.2) is 0 Å². The number of hydrogen-bond acceptors (Lipinski definition) is 6. The number of thiophene rings is 1. The molecule has 0 bridgehead atoms. The number of amides is 2. The van der Waals surface area contributed by atoms with Gasteiger partial charge in [0.25, 0.3) is 0 Å². The molecule has 1 aromatic carbocycles. The largest absolute Gasteiger partial charge is 0.462 e. The highest BCUT2D eigenvalue weighted by Crippen LogP contribution is 2.36. The summed E-state index contributed by atoms with van der Waals surface area (Å²) in [7, 11) is 5.02. The molecule has 2 amide bonds. The lowest BCUT2D eigenvalue weighted by Crippen LogP contribution is -2.38. The van der Waals surface area contributed by atoms with Gasteiger partial charge in [0.1, 0.15) is 10.6 Å². The third-order valence-electron chi connectivity index (χ3n) is 3.93. The van der Waals surface area contributed by atoms with Crippen molar-refractivity contribution >= 4 is 34.1 Å². The molecule has 1 heterocycles. The minimum absolute atomic E-state index is 0.0282. The average Bonchev–Trinajstić information content (AvgIpc) is 3.05. The van der Waals surface area contributed by atoms with Crippen LogP contribution in [0.4, 0.5) is 5.00 Å². The van der Waals surface area contributed by atoms with E-state index in [1.165, 1.54) is 16.2 Å². The van der Waals surface area contributed by atoms with Crippen LogP contribution in [0.5, 0.6) is 0 Å². The number of benzene rings is 1. The van der Waals surface area contributed by atoms with Gasteiger partial charge >= 0.3 is 5.97 Å². The normalized spacial score (nSPS) is 10.6. The van der Waals surface area contributed by atoms with Crippen molar-refractivity contribution in [1.82, 2.24) is 9.80 Å². The monoisotopic (exact) mass is 403 g/mol. The van der Waals surface area contributed by atoms with Gasteiger partial charge in [0.05, 0.1) is 19.7 Å². The third-order valence-corrected chi connectivity index (χ3v) is 4.82. The minimum atomic E-state index is -0.478. The molecule has 0 saturated carbocycles. The molecule has 2 rings (SSSR count). The summed E-state index contributed by atoms with van der Waals surface area (Å²) in [5.41, 5.74) is 1.94. The van der Waals surface area contributed by atoms with Crippen molar-refractivity contribution in [1.29, 1.82) is 0 Å². The number of carbonyl (C=O) groups is 3. The molecule has 0 radical (unpaired) electrons. The summed E-state index contributed by atoms with van der Waals surface area (Å²) in [6.07, 6.45) is 0. The second-order valence-electron chi connectivity index (χ2n) is 6.45. The summed E-state index contributed by atoms with van der Waals surface area (Å²) in [5, 5.41) is 5.05. The van der Waals surface area contributed by atoms with Gasteiger partial charge in [0.2, 0.25) is 11.8 Å². The number of likely N-dealkylation sites (N-methyl/N-ethyl adjacent to an activating group) is 2. The Hall–Kier alpha value is -2.71. The van der Waals surface area contributed by atoms with Crippen molar-refractivity contribution in [3.63, 3.8) is 0 Å². The van der Waals surface area contributed by atoms with E-state index in [1.807, 2.05) is 35.7 Å². The van der Waals surface area contributed by atoms with Crippen molar-refractivity contribution in [2.24, 2.45) is 0 Å². The zero-order valence-corrected chi connectivity index (χ0v) is 17.3. The molecule has 7 nitrogen and oxygen atoms in total. The van der Waals surface area contributed by atoms with Crippen LogP contribution in [0.15, 0.2) is 35.7 Å². The van der Waals surface area contributed by atoms with Gasteiger partial charge in [-0.2, -0.15) is 0 Å². The first-order valence-corrected chi connectivity index (χ1v) is 9.74. The Bertz CT molecular complexity index is 833. The van der Waals surface area contributed by atoms with Gasteiger partial charge in [0, 0.05) is 25.0 Å². The van der Waals surface area contributed by atoms with Crippen LogP contribution in [0.25, 0.3) is 11.1 Å². The number of nitrogens with zero attached hydrogens (tertiary/aromatic N) is 2. The van der Waals surface area contributed by atoms with Crippen molar-refractivity contribution < 1.29 is 19.1 Å². The van der Waals surface area contributed by atoms with E-state index in [1.54, 1.807) is 33.0 Å². The van der Waals surface area contributed by atoms with Gasteiger partial charge in [-0.25, -0.2) is 4.79 Å². The van der Waals surface area contributed by atoms with Crippen molar-refractivity contribution in [3.8, 4) is 11.1 Å². The number of anilines is 1. The Kier molecular flexibility index (Phi) is 7.71. The molecule has 1 aromatic heterocycles. The number of rotatable bonds is 8. The highest BCUT2D eigenvalue weighted by Gasteiger charge is 2.23. The number of nitrogens with one attached hydrogen (secondary N) is 1. The van der Waals surface area contributed by atoms with Crippen LogP contribution in [0.3, 0.4) is 0 Å². The molecular formula is C20H25N3O4S. The van der Waals surface area contributed by atoms with E-state index in [-0.39, 0.29) is 31.5 Å². The standard InChI is InChI=1S/C20H25N3O4S/c1-5-27-20(26)18-15(14-9-7-6-8-10-14)13-28-19(18)21-16(24)11-23(4)12-17(25)22(2)3/h6-10,13H,5,11-12H2,1-4H3,(H,21,24). The molecule has 0 aliphatic carbocycles. The predicted octanol–water partition coefficient (Wildman–Crippen LogP) is 2.55. The lowest BCUT2D eigenvalue weighted by atomic mass is 10.0. The molecule has 0 fully saturated rings. The highest BCUT2D eigenvalue weighted by atomic mass is 32.1. The van der Waals surface area contributed by atoms with E-state index in [0.29, 0.717) is 10.6 Å². The molecule has 0 saturated heterocycles. The average molecular weight is 404 g/mol. The van der Waals surface area contributed by atoms with Crippen LogP contribution in [-0.4, -0.2) is 68.4 Å². The van der Waals surface area contributed by atoms with Gasteiger partial charge in [-0.15, -0.1) is 11.3 Å². The molecule has 1 N–H and O–H groups in total. The zero-order valence-electron chi connectivity index (χ0n) is 16.5. The maximum atomic E-state index is 12.5. The first-order valence-electron chi connectivity index (χ1n) is 8.86. The number of carbonyl (C=O) groups excluding carboxylic acids is 3. The van der Waals surface area contributed by atoms with Crippen LogP contribution in [0.2, 0.25) is 0 Å². The molecule has 28 heavy (non-hydrogen) atoms. The van der Waals surface area contributed by atoms with Gasteiger partial charge < -0.3 is 15.0 Å². The number of hydrogen-bond donors (Lipinski definition) is 1. The fraction of sp³-hybridized carbons (Fsp3) is 0.350. The smallest absolute Gasteiger partial charge is 0.341 e.